The molecule has 2 aromatic carbocycles. The van der Waals surface area contributed by atoms with Crippen molar-refractivity contribution in [2.45, 2.75) is 59.2 Å². The number of carbonyl (C=O) groups is 2. The zero-order chi connectivity index (χ0) is 28.6. The normalized spacial score (nSPS) is 12.8. The van der Waals surface area contributed by atoms with Gasteiger partial charge in [0.1, 0.15) is 24.0 Å². The quantitative estimate of drug-likeness (QED) is 0.299. The van der Waals surface area contributed by atoms with Crippen molar-refractivity contribution in [2.24, 2.45) is 0 Å². The second-order valence-electron chi connectivity index (χ2n) is 9.13. The van der Waals surface area contributed by atoms with Gasteiger partial charge in [-0.15, -0.1) is 0 Å². The Bertz CT molecular complexity index is 1250. The second-order valence-corrected chi connectivity index (χ2v) is 11.0. The summed E-state index contributed by atoms with van der Waals surface area (Å²) < 4.78 is 31.7. The molecule has 0 aliphatic rings. The molecule has 1 N–H and O–H groups in total. The molecule has 0 aliphatic carbocycles. The maximum atomic E-state index is 13.8. The van der Waals surface area contributed by atoms with Crippen LogP contribution in [0.4, 0.5) is 11.4 Å². The molecule has 2 aromatic rings. The van der Waals surface area contributed by atoms with Crippen molar-refractivity contribution in [3.05, 3.63) is 63.7 Å². The molecule has 0 aromatic heterocycles. The molecular weight excluding hydrogens is 512 g/mol. The molecule has 0 spiro atoms. The van der Waals surface area contributed by atoms with Crippen LogP contribution in [-0.4, -0.2) is 62.0 Å². The van der Waals surface area contributed by atoms with Gasteiger partial charge in [0.15, 0.2) is 0 Å². The smallest absolute Gasteiger partial charge is 0.271 e. The number of ether oxygens (including phenoxy) is 1. The van der Waals surface area contributed by atoms with E-state index >= 15 is 0 Å². The van der Waals surface area contributed by atoms with Gasteiger partial charge in [0.2, 0.25) is 21.8 Å². The Morgan fingerprint density at radius 2 is 1.74 bits per heavy atom. The fourth-order valence-electron chi connectivity index (χ4n) is 3.83. The first-order chi connectivity index (χ1) is 17.8. The van der Waals surface area contributed by atoms with Crippen molar-refractivity contribution in [1.29, 1.82) is 0 Å². The molecule has 0 saturated heterocycles. The van der Waals surface area contributed by atoms with Crippen LogP contribution in [0.3, 0.4) is 0 Å². The Kier molecular flexibility index (Phi) is 10.6. The molecule has 2 amide bonds. The summed E-state index contributed by atoms with van der Waals surface area (Å²) in [6, 6.07) is 9.96. The first kappa shape index (κ1) is 30.6. The van der Waals surface area contributed by atoms with E-state index in [-0.39, 0.29) is 35.6 Å². The highest BCUT2D eigenvalue weighted by molar-refractivity contribution is 7.92. The van der Waals surface area contributed by atoms with Crippen LogP contribution in [0.2, 0.25) is 0 Å². The highest BCUT2D eigenvalue weighted by Gasteiger charge is 2.33. The molecule has 0 bridgehead atoms. The number of amides is 2. The summed E-state index contributed by atoms with van der Waals surface area (Å²) in [6.45, 7) is 6.87. The average molecular weight is 549 g/mol. The molecular formula is C26H36N4O7S. The van der Waals surface area contributed by atoms with Crippen molar-refractivity contribution in [1.82, 2.24) is 10.2 Å². The maximum Gasteiger partial charge on any atom is 0.271 e. The lowest BCUT2D eigenvalue weighted by Crippen LogP contribution is -2.53. The first-order valence-electron chi connectivity index (χ1n) is 12.3. The highest BCUT2D eigenvalue weighted by Crippen LogP contribution is 2.34. The van der Waals surface area contributed by atoms with Gasteiger partial charge in [-0.1, -0.05) is 43.7 Å². The van der Waals surface area contributed by atoms with E-state index in [1.54, 1.807) is 6.92 Å². The Morgan fingerprint density at radius 1 is 1.11 bits per heavy atom. The van der Waals surface area contributed by atoms with E-state index < -0.39 is 33.4 Å². The molecule has 0 heterocycles. The number of sulfonamides is 1. The van der Waals surface area contributed by atoms with Gasteiger partial charge in [-0.3, -0.25) is 24.0 Å². The number of aryl methyl sites for hydroxylation is 1. The van der Waals surface area contributed by atoms with Gasteiger partial charge in [0.05, 0.1) is 18.3 Å². The van der Waals surface area contributed by atoms with Crippen LogP contribution in [-0.2, 0) is 26.2 Å². The lowest BCUT2D eigenvalue weighted by atomic mass is 10.1. The van der Waals surface area contributed by atoms with E-state index in [0.717, 1.165) is 27.8 Å². The topological polar surface area (TPSA) is 139 Å². The third-order valence-electron chi connectivity index (χ3n) is 6.18. The molecule has 208 valence electrons. The number of nitrogens with one attached hydrogen (secondary N) is 1. The Morgan fingerprint density at radius 3 is 2.24 bits per heavy atom. The predicted octanol–water partition coefficient (Wildman–Crippen LogP) is 3.40. The molecule has 11 nitrogen and oxygen atoms in total. The van der Waals surface area contributed by atoms with Crippen molar-refractivity contribution in [3.8, 4) is 5.75 Å². The standard InChI is InChI=1S/C26H36N4O7S/c1-7-19(4)27-26(32)22(8-2)28(16-20-11-9-18(3)10-12-20)25(31)17-29(38(6,35)36)23-15-21(30(33)34)13-14-24(23)37-5/h9-15,19,22H,7-8,16-17H2,1-6H3,(H,27,32)/t19-,22+/m0/s1. The number of hydrogen-bond donors (Lipinski definition) is 1. The van der Waals surface area contributed by atoms with E-state index in [1.165, 1.54) is 24.1 Å². The highest BCUT2D eigenvalue weighted by atomic mass is 32.2. The van der Waals surface area contributed by atoms with Gasteiger partial charge in [0, 0.05) is 24.7 Å². The molecule has 38 heavy (non-hydrogen) atoms. The third-order valence-corrected chi connectivity index (χ3v) is 7.31. The molecule has 0 fully saturated rings. The Balaban J connectivity index is 2.55. The number of hydrogen-bond acceptors (Lipinski definition) is 7. The number of carbonyl (C=O) groups excluding carboxylic acids is 2. The average Bonchev–Trinajstić information content (AvgIpc) is 2.86. The van der Waals surface area contributed by atoms with Gasteiger partial charge in [-0.05, 0) is 38.3 Å². The lowest BCUT2D eigenvalue weighted by molar-refractivity contribution is -0.384. The van der Waals surface area contributed by atoms with Crippen molar-refractivity contribution in [3.63, 3.8) is 0 Å². The number of anilines is 1. The van der Waals surface area contributed by atoms with Crippen molar-refractivity contribution >= 4 is 33.2 Å². The Hall–Kier alpha value is -3.67. The SMILES string of the molecule is CC[C@H](C(=O)N[C@@H](C)CC)N(Cc1ccc(C)cc1)C(=O)CN(c1cc([N+](=O)[O-])ccc1OC)S(C)(=O)=O. The van der Waals surface area contributed by atoms with E-state index in [0.29, 0.717) is 12.8 Å². The fraction of sp³-hybridized carbons (Fsp3) is 0.462. The van der Waals surface area contributed by atoms with Crippen LogP contribution >= 0.6 is 0 Å². The predicted molar refractivity (Wildman–Crippen MR) is 146 cm³/mol. The van der Waals surface area contributed by atoms with Crippen LogP contribution in [0, 0.1) is 17.0 Å². The number of nitro groups is 1. The maximum absolute atomic E-state index is 13.8. The molecule has 0 unspecified atom stereocenters. The van der Waals surface area contributed by atoms with Crippen LogP contribution in [0.15, 0.2) is 42.5 Å². The minimum Gasteiger partial charge on any atom is -0.495 e. The minimum absolute atomic E-state index is 0.0421. The van der Waals surface area contributed by atoms with Gasteiger partial charge in [-0.25, -0.2) is 8.42 Å². The number of benzene rings is 2. The summed E-state index contributed by atoms with van der Waals surface area (Å²) in [4.78, 5) is 39.0. The summed E-state index contributed by atoms with van der Waals surface area (Å²) in [5.41, 5.74) is 1.27. The van der Waals surface area contributed by atoms with Crippen LogP contribution < -0.4 is 14.4 Å². The van der Waals surface area contributed by atoms with Gasteiger partial charge < -0.3 is 15.0 Å². The summed E-state index contributed by atoms with van der Waals surface area (Å²) in [5.74, 6) is -0.947. The number of nitrogens with zero attached hydrogens (tertiary/aromatic N) is 3. The van der Waals surface area contributed by atoms with Gasteiger partial charge >= 0.3 is 0 Å². The van der Waals surface area contributed by atoms with Gasteiger partial charge in [-0.2, -0.15) is 0 Å². The lowest BCUT2D eigenvalue weighted by Gasteiger charge is -2.33. The summed E-state index contributed by atoms with van der Waals surface area (Å²) in [7, 11) is -2.80. The monoisotopic (exact) mass is 548 g/mol. The fourth-order valence-corrected chi connectivity index (χ4v) is 4.68. The van der Waals surface area contributed by atoms with Crippen LogP contribution in [0.25, 0.3) is 0 Å². The number of rotatable bonds is 13. The second kappa shape index (κ2) is 13.2. The van der Waals surface area contributed by atoms with E-state index in [1.807, 2.05) is 45.0 Å². The molecule has 12 heteroatoms. The van der Waals surface area contributed by atoms with E-state index in [9.17, 15) is 28.1 Å². The molecule has 2 rings (SSSR count). The summed E-state index contributed by atoms with van der Waals surface area (Å²) in [5, 5.41) is 14.3. The molecule has 2 atom stereocenters. The van der Waals surface area contributed by atoms with Gasteiger partial charge in [0.25, 0.3) is 5.69 Å². The van der Waals surface area contributed by atoms with Crippen LogP contribution in [0.5, 0.6) is 5.75 Å². The largest absolute Gasteiger partial charge is 0.495 e. The zero-order valence-corrected chi connectivity index (χ0v) is 23.4. The van der Waals surface area contributed by atoms with Crippen molar-refractivity contribution in [2.75, 3.05) is 24.2 Å². The minimum atomic E-state index is -4.09. The first-order valence-corrected chi connectivity index (χ1v) is 14.1. The van der Waals surface area contributed by atoms with Crippen molar-refractivity contribution < 1.29 is 27.7 Å². The molecule has 0 aliphatic heterocycles. The van der Waals surface area contributed by atoms with Crippen LogP contribution in [0.1, 0.15) is 44.7 Å². The number of non-ortho nitro benzene ring substituents is 1. The van der Waals surface area contributed by atoms with E-state index in [2.05, 4.69) is 5.32 Å². The van der Waals surface area contributed by atoms with E-state index in [4.69, 9.17) is 4.74 Å². The summed E-state index contributed by atoms with van der Waals surface area (Å²) in [6.07, 6.45) is 1.89. The Labute approximate surface area is 224 Å². The summed E-state index contributed by atoms with van der Waals surface area (Å²) >= 11 is 0. The number of nitro benzene ring substituents is 1. The molecule has 0 radical (unpaired) electrons. The molecule has 0 saturated carbocycles. The third kappa shape index (κ3) is 7.91. The number of methoxy groups -OCH3 is 1. The zero-order valence-electron chi connectivity index (χ0n) is 22.6.